The molecule has 2 atom stereocenters. The van der Waals surface area contributed by atoms with E-state index in [1.54, 1.807) is 13.0 Å². The highest BCUT2D eigenvalue weighted by molar-refractivity contribution is 6.39. The van der Waals surface area contributed by atoms with E-state index in [2.05, 4.69) is 26.4 Å². The Labute approximate surface area is 177 Å². The minimum atomic E-state index is -0.796. The predicted molar refractivity (Wildman–Crippen MR) is 112 cm³/mol. The van der Waals surface area contributed by atoms with Crippen molar-refractivity contribution in [1.29, 1.82) is 0 Å². The SMILES string of the molecule is Cc1cc(NC(=O)C(=O)NCCCOC(C)C)n(C2NC(=O)CC(C(C)(C)C)N2)n1. The molecule has 0 saturated carbocycles. The summed E-state index contributed by atoms with van der Waals surface area (Å²) < 4.78 is 6.88. The summed E-state index contributed by atoms with van der Waals surface area (Å²) in [7, 11) is 0. The Morgan fingerprint density at radius 1 is 1.33 bits per heavy atom. The van der Waals surface area contributed by atoms with Crippen molar-refractivity contribution in [3.8, 4) is 0 Å². The summed E-state index contributed by atoms with van der Waals surface area (Å²) in [4.78, 5) is 36.6. The summed E-state index contributed by atoms with van der Waals surface area (Å²) in [5.74, 6) is -1.32. The molecular weight excluding hydrogens is 388 g/mol. The minimum absolute atomic E-state index is 0.0688. The molecular formula is C20H34N6O4. The van der Waals surface area contributed by atoms with Gasteiger partial charge in [0, 0.05) is 31.7 Å². The average Bonchev–Trinajstić information content (AvgIpc) is 3.00. The lowest BCUT2D eigenvalue weighted by Crippen LogP contribution is -2.57. The second kappa shape index (κ2) is 10.0. The van der Waals surface area contributed by atoms with Crippen LogP contribution >= 0.6 is 0 Å². The number of carbonyl (C=O) groups is 3. The van der Waals surface area contributed by atoms with Gasteiger partial charge in [-0.1, -0.05) is 20.8 Å². The van der Waals surface area contributed by atoms with Crippen LogP contribution in [0.3, 0.4) is 0 Å². The lowest BCUT2D eigenvalue weighted by Gasteiger charge is -2.39. The molecule has 1 fully saturated rings. The van der Waals surface area contributed by atoms with Crippen LogP contribution in [0.15, 0.2) is 6.07 Å². The number of aromatic nitrogens is 2. The lowest BCUT2D eigenvalue weighted by atomic mass is 9.84. The first-order chi connectivity index (χ1) is 14.0. The molecule has 30 heavy (non-hydrogen) atoms. The molecule has 168 valence electrons. The number of carbonyl (C=O) groups excluding carboxylic acids is 3. The van der Waals surface area contributed by atoms with Crippen molar-refractivity contribution in [2.24, 2.45) is 5.41 Å². The van der Waals surface area contributed by atoms with E-state index in [4.69, 9.17) is 4.74 Å². The first kappa shape index (κ1) is 23.8. The number of nitrogens with one attached hydrogen (secondary N) is 4. The maximum atomic E-state index is 12.3. The molecule has 1 aromatic rings. The van der Waals surface area contributed by atoms with Gasteiger partial charge < -0.3 is 20.7 Å². The van der Waals surface area contributed by atoms with Crippen LogP contribution in [0.25, 0.3) is 0 Å². The van der Waals surface area contributed by atoms with Gasteiger partial charge in [0.25, 0.3) is 0 Å². The molecule has 3 amide bonds. The first-order valence-electron chi connectivity index (χ1n) is 10.3. The van der Waals surface area contributed by atoms with Gasteiger partial charge in [-0.2, -0.15) is 5.10 Å². The summed E-state index contributed by atoms with van der Waals surface area (Å²) in [6.45, 7) is 12.6. The predicted octanol–water partition coefficient (Wildman–Crippen LogP) is 1.04. The largest absolute Gasteiger partial charge is 0.379 e. The Hall–Kier alpha value is -2.46. The van der Waals surface area contributed by atoms with Crippen LogP contribution in [0.1, 0.15) is 59.4 Å². The van der Waals surface area contributed by atoms with E-state index in [1.165, 1.54) is 4.68 Å². The van der Waals surface area contributed by atoms with Gasteiger partial charge in [0.1, 0.15) is 5.82 Å². The highest BCUT2D eigenvalue weighted by Gasteiger charge is 2.35. The number of hydrogen-bond acceptors (Lipinski definition) is 6. The van der Waals surface area contributed by atoms with E-state index in [9.17, 15) is 14.4 Å². The quantitative estimate of drug-likeness (QED) is 0.384. The third-order valence-electron chi connectivity index (χ3n) is 4.70. The van der Waals surface area contributed by atoms with E-state index in [-0.39, 0.29) is 23.5 Å². The maximum absolute atomic E-state index is 12.3. The highest BCUT2D eigenvalue weighted by Crippen LogP contribution is 2.26. The zero-order valence-electron chi connectivity index (χ0n) is 18.7. The van der Waals surface area contributed by atoms with Crippen molar-refractivity contribution in [3.05, 3.63) is 11.8 Å². The van der Waals surface area contributed by atoms with E-state index in [0.29, 0.717) is 37.5 Å². The maximum Gasteiger partial charge on any atom is 0.314 e. The zero-order chi connectivity index (χ0) is 22.5. The van der Waals surface area contributed by atoms with Gasteiger partial charge in [-0.15, -0.1) is 0 Å². The van der Waals surface area contributed by atoms with Crippen LogP contribution in [-0.2, 0) is 19.1 Å². The number of ether oxygens (including phenoxy) is 1. The van der Waals surface area contributed by atoms with Crippen molar-refractivity contribution in [2.45, 2.75) is 72.8 Å². The third-order valence-corrected chi connectivity index (χ3v) is 4.70. The van der Waals surface area contributed by atoms with Crippen molar-refractivity contribution in [1.82, 2.24) is 25.7 Å². The molecule has 2 rings (SSSR count). The smallest absolute Gasteiger partial charge is 0.314 e. The van der Waals surface area contributed by atoms with Gasteiger partial charge in [-0.3, -0.25) is 19.7 Å². The topological polar surface area (TPSA) is 126 Å². The molecule has 0 aliphatic carbocycles. The van der Waals surface area contributed by atoms with E-state index in [0.717, 1.165) is 0 Å². The van der Waals surface area contributed by atoms with Crippen LogP contribution in [0.2, 0.25) is 0 Å². The summed E-state index contributed by atoms with van der Waals surface area (Å²) in [6, 6.07) is 1.58. The molecule has 1 saturated heterocycles. The fraction of sp³-hybridized carbons (Fsp3) is 0.700. The monoisotopic (exact) mass is 422 g/mol. The van der Waals surface area contributed by atoms with Crippen LogP contribution in [-0.4, -0.2) is 52.8 Å². The second-order valence-corrected chi connectivity index (χ2v) is 8.86. The Balaban J connectivity index is 2.00. The number of anilines is 1. The van der Waals surface area contributed by atoms with Crippen molar-refractivity contribution >= 4 is 23.5 Å². The number of aryl methyl sites for hydroxylation is 1. The molecule has 1 aliphatic rings. The summed E-state index contributed by atoms with van der Waals surface area (Å²) >= 11 is 0. The number of hydrogen-bond donors (Lipinski definition) is 4. The lowest BCUT2D eigenvalue weighted by molar-refractivity contribution is -0.136. The molecule has 10 heteroatoms. The fourth-order valence-electron chi connectivity index (χ4n) is 3.03. The average molecular weight is 423 g/mol. The van der Waals surface area contributed by atoms with Crippen molar-refractivity contribution in [3.63, 3.8) is 0 Å². The summed E-state index contributed by atoms with van der Waals surface area (Å²) in [5.41, 5.74) is 0.506. The highest BCUT2D eigenvalue weighted by atomic mass is 16.5. The fourth-order valence-corrected chi connectivity index (χ4v) is 3.03. The Morgan fingerprint density at radius 2 is 2.03 bits per heavy atom. The molecule has 10 nitrogen and oxygen atoms in total. The molecule has 0 aromatic carbocycles. The molecule has 2 heterocycles. The molecule has 1 aliphatic heterocycles. The standard InChI is InChI=1S/C20H34N6O4/c1-12(2)30-9-7-8-21-17(28)18(29)23-15-10-13(3)25-26(15)19-22-14(20(4,5)6)11-16(27)24-19/h10,12,14,19,22H,7-9,11H2,1-6H3,(H,21,28)(H,23,29)(H,24,27). The Bertz CT molecular complexity index is 768. The zero-order valence-corrected chi connectivity index (χ0v) is 18.7. The molecule has 0 bridgehead atoms. The molecule has 4 N–H and O–H groups in total. The van der Waals surface area contributed by atoms with Gasteiger partial charge in [0.05, 0.1) is 11.8 Å². The molecule has 0 spiro atoms. The second-order valence-electron chi connectivity index (χ2n) is 8.86. The van der Waals surface area contributed by atoms with Crippen LogP contribution in [0.4, 0.5) is 5.82 Å². The first-order valence-corrected chi connectivity index (χ1v) is 10.3. The van der Waals surface area contributed by atoms with Gasteiger partial charge in [-0.25, -0.2) is 4.68 Å². The summed E-state index contributed by atoms with van der Waals surface area (Å²) in [6.07, 6.45) is 0.459. The van der Waals surface area contributed by atoms with Gasteiger partial charge in [-0.05, 0) is 32.6 Å². The van der Waals surface area contributed by atoms with E-state index >= 15 is 0 Å². The van der Waals surface area contributed by atoms with Crippen molar-refractivity contribution < 1.29 is 19.1 Å². The van der Waals surface area contributed by atoms with Crippen molar-refractivity contribution in [2.75, 3.05) is 18.5 Å². The number of nitrogens with zero attached hydrogens (tertiary/aromatic N) is 2. The minimum Gasteiger partial charge on any atom is -0.379 e. The molecule has 0 radical (unpaired) electrons. The van der Waals surface area contributed by atoms with Gasteiger partial charge in [0.15, 0.2) is 6.29 Å². The van der Waals surface area contributed by atoms with Gasteiger partial charge in [0.2, 0.25) is 5.91 Å². The molecule has 2 unspecified atom stereocenters. The Morgan fingerprint density at radius 3 is 2.67 bits per heavy atom. The van der Waals surface area contributed by atoms with Crippen LogP contribution in [0.5, 0.6) is 0 Å². The Kier molecular flexibility index (Phi) is 7.96. The van der Waals surface area contributed by atoms with Crippen LogP contribution in [0, 0.1) is 12.3 Å². The number of amides is 3. The normalized spacial score (nSPS) is 19.5. The third kappa shape index (κ3) is 6.81. The van der Waals surface area contributed by atoms with E-state index in [1.807, 2.05) is 34.6 Å². The molecule has 1 aromatic heterocycles. The van der Waals surface area contributed by atoms with Crippen LogP contribution < -0.4 is 21.3 Å². The number of rotatable bonds is 7. The van der Waals surface area contributed by atoms with Gasteiger partial charge >= 0.3 is 11.8 Å². The van der Waals surface area contributed by atoms with E-state index < -0.39 is 18.1 Å². The summed E-state index contributed by atoms with van der Waals surface area (Å²) in [5, 5.41) is 15.7.